The van der Waals surface area contributed by atoms with Gasteiger partial charge in [-0.15, -0.1) is 0 Å². The van der Waals surface area contributed by atoms with Crippen LogP contribution in [-0.4, -0.2) is 11.1 Å². The number of halogens is 1. The van der Waals surface area contributed by atoms with E-state index >= 15 is 0 Å². The maximum atomic E-state index is 13.8. The third-order valence-corrected chi connectivity index (χ3v) is 2.87. The van der Waals surface area contributed by atoms with Crippen LogP contribution in [0.2, 0.25) is 0 Å². The highest BCUT2D eigenvalue weighted by molar-refractivity contribution is 5.68. The molecule has 0 aliphatic heterocycles. The summed E-state index contributed by atoms with van der Waals surface area (Å²) in [7, 11) is 0. The van der Waals surface area contributed by atoms with E-state index in [9.17, 15) is 4.39 Å². The van der Waals surface area contributed by atoms with E-state index < -0.39 is 5.82 Å². The molecule has 1 heterocycles. The zero-order valence-corrected chi connectivity index (χ0v) is 12.5. The van der Waals surface area contributed by atoms with Gasteiger partial charge in [-0.05, 0) is 32.9 Å². The number of rotatable bonds is 5. The van der Waals surface area contributed by atoms with Crippen LogP contribution in [0.5, 0.6) is 5.75 Å². The summed E-state index contributed by atoms with van der Waals surface area (Å²) in [6.07, 6.45) is -0.102. The Morgan fingerprint density at radius 2 is 2.10 bits per heavy atom. The molecule has 0 saturated carbocycles. The molecule has 0 radical (unpaired) electrons. The minimum atomic E-state index is -0.458. The lowest BCUT2D eigenvalue weighted by atomic mass is 10.2. The summed E-state index contributed by atoms with van der Waals surface area (Å²) in [6.45, 7) is 6.14. The fraction of sp³-hybridized carbons (Fsp3) is 0.312. The summed E-state index contributed by atoms with van der Waals surface area (Å²) in [5.41, 5.74) is 8.66. The highest BCUT2D eigenvalue weighted by Gasteiger charge is 2.10. The summed E-state index contributed by atoms with van der Waals surface area (Å²) < 4.78 is 19.2. The zero-order valence-electron chi connectivity index (χ0n) is 12.5. The Hall–Kier alpha value is -2.30. The molecule has 0 aliphatic carbocycles. The number of nitrogens with zero attached hydrogens (tertiary/aromatic N) is 1. The number of benzene rings is 1. The van der Waals surface area contributed by atoms with Gasteiger partial charge in [0.2, 0.25) is 0 Å². The Morgan fingerprint density at radius 3 is 2.76 bits per heavy atom. The maximum absolute atomic E-state index is 13.8. The van der Waals surface area contributed by atoms with Gasteiger partial charge in [0.05, 0.1) is 29.7 Å². The fourth-order valence-corrected chi connectivity index (χ4v) is 1.95. The van der Waals surface area contributed by atoms with E-state index in [1.54, 1.807) is 6.07 Å². The Morgan fingerprint density at radius 1 is 1.33 bits per heavy atom. The quantitative estimate of drug-likeness (QED) is 0.827. The summed E-state index contributed by atoms with van der Waals surface area (Å²) in [5.74, 6) is -0.265. The average molecular weight is 289 g/mol. The second-order valence-electron chi connectivity index (χ2n) is 5.16. The molecule has 0 spiro atoms. The maximum Gasteiger partial charge on any atom is 0.167 e. The monoisotopic (exact) mass is 289 g/mol. The van der Waals surface area contributed by atoms with Crippen molar-refractivity contribution in [2.75, 3.05) is 11.1 Å². The van der Waals surface area contributed by atoms with Crippen LogP contribution in [0.1, 0.15) is 25.2 Å². The molecule has 112 valence electrons. The van der Waals surface area contributed by atoms with E-state index in [4.69, 9.17) is 10.5 Å². The van der Waals surface area contributed by atoms with Crippen LogP contribution in [0, 0.1) is 12.7 Å². The van der Waals surface area contributed by atoms with Crippen LogP contribution >= 0.6 is 0 Å². The van der Waals surface area contributed by atoms with Gasteiger partial charge in [0.1, 0.15) is 0 Å². The number of anilines is 2. The Labute approximate surface area is 124 Å². The largest absolute Gasteiger partial charge is 0.488 e. The fourth-order valence-electron chi connectivity index (χ4n) is 1.95. The first-order valence-corrected chi connectivity index (χ1v) is 6.88. The number of nitrogens with two attached hydrogens (primary N) is 1. The van der Waals surface area contributed by atoms with Crippen molar-refractivity contribution >= 4 is 11.4 Å². The number of aromatic nitrogens is 1. The minimum absolute atomic E-state index is 0.102. The smallest absolute Gasteiger partial charge is 0.167 e. The van der Waals surface area contributed by atoms with Crippen molar-refractivity contribution in [2.24, 2.45) is 0 Å². The summed E-state index contributed by atoms with van der Waals surface area (Å²) in [6, 6.07) is 8.65. The first-order valence-electron chi connectivity index (χ1n) is 6.88. The van der Waals surface area contributed by atoms with Gasteiger partial charge in [-0.3, -0.25) is 4.98 Å². The minimum Gasteiger partial charge on any atom is -0.488 e. The normalized spacial score (nSPS) is 10.7. The highest BCUT2D eigenvalue weighted by Crippen LogP contribution is 2.29. The average Bonchev–Trinajstić information content (AvgIpc) is 2.40. The van der Waals surface area contributed by atoms with Crippen LogP contribution in [0.15, 0.2) is 30.3 Å². The molecule has 0 saturated heterocycles. The number of hydrogen-bond donors (Lipinski definition) is 2. The molecule has 1 aromatic carbocycles. The molecule has 0 bridgehead atoms. The van der Waals surface area contributed by atoms with E-state index in [1.165, 1.54) is 6.07 Å². The number of aryl methyl sites for hydroxylation is 1. The molecule has 21 heavy (non-hydrogen) atoms. The predicted molar refractivity (Wildman–Crippen MR) is 82.9 cm³/mol. The second kappa shape index (κ2) is 6.43. The van der Waals surface area contributed by atoms with Gasteiger partial charge >= 0.3 is 0 Å². The second-order valence-corrected chi connectivity index (χ2v) is 5.16. The molecular formula is C16H20FN3O. The predicted octanol–water partition coefficient (Wildman–Crippen LogP) is 3.51. The van der Waals surface area contributed by atoms with Crippen molar-refractivity contribution in [3.8, 4) is 5.75 Å². The van der Waals surface area contributed by atoms with Gasteiger partial charge in [0.25, 0.3) is 0 Å². The zero-order chi connectivity index (χ0) is 15.4. The molecular weight excluding hydrogens is 269 g/mol. The van der Waals surface area contributed by atoms with Crippen molar-refractivity contribution in [3.05, 3.63) is 47.5 Å². The number of nitrogen functional groups attached to an aromatic ring is 1. The van der Waals surface area contributed by atoms with Gasteiger partial charge in [0.15, 0.2) is 11.6 Å². The summed E-state index contributed by atoms with van der Waals surface area (Å²) in [5, 5.41) is 3.16. The van der Waals surface area contributed by atoms with E-state index in [0.29, 0.717) is 17.9 Å². The molecule has 0 atom stereocenters. The van der Waals surface area contributed by atoms with Crippen molar-refractivity contribution in [2.45, 2.75) is 33.4 Å². The number of ether oxygens (including phenoxy) is 1. The third kappa shape index (κ3) is 4.08. The van der Waals surface area contributed by atoms with Gasteiger partial charge in [-0.1, -0.05) is 6.07 Å². The molecule has 0 unspecified atom stereocenters. The third-order valence-electron chi connectivity index (χ3n) is 2.87. The number of nitrogens with one attached hydrogen (secondary N) is 1. The Balaban J connectivity index is 2.15. The van der Waals surface area contributed by atoms with Gasteiger partial charge < -0.3 is 15.8 Å². The van der Waals surface area contributed by atoms with Crippen molar-refractivity contribution in [3.63, 3.8) is 0 Å². The van der Waals surface area contributed by atoms with Gasteiger partial charge in [-0.2, -0.15) is 0 Å². The van der Waals surface area contributed by atoms with Crippen LogP contribution in [-0.2, 0) is 6.54 Å². The molecule has 4 nitrogen and oxygen atoms in total. The molecule has 0 fully saturated rings. The Bertz CT molecular complexity index is 629. The number of hydrogen-bond acceptors (Lipinski definition) is 4. The van der Waals surface area contributed by atoms with Crippen LogP contribution in [0.4, 0.5) is 15.8 Å². The molecule has 2 aromatic rings. The molecule has 1 aromatic heterocycles. The molecule has 0 amide bonds. The topological polar surface area (TPSA) is 60.2 Å². The molecule has 5 heteroatoms. The first kappa shape index (κ1) is 15.1. The van der Waals surface area contributed by atoms with Crippen molar-refractivity contribution in [1.29, 1.82) is 0 Å². The van der Waals surface area contributed by atoms with Gasteiger partial charge in [-0.25, -0.2) is 4.39 Å². The van der Waals surface area contributed by atoms with E-state index in [1.807, 2.05) is 39.0 Å². The first-order chi connectivity index (χ1) is 9.95. The van der Waals surface area contributed by atoms with Crippen LogP contribution in [0.3, 0.4) is 0 Å². The molecule has 3 N–H and O–H groups in total. The Kier molecular flexibility index (Phi) is 4.62. The van der Waals surface area contributed by atoms with Crippen molar-refractivity contribution in [1.82, 2.24) is 4.98 Å². The standard InChI is InChI=1S/C16H20FN3O/c1-10(2)21-16-8-15(14(18)7-13(16)17)19-9-12-6-4-5-11(3)20-12/h4-8,10,19H,9,18H2,1-3H3. The lowest BCUT2D eigenvalue weighted by Gasteiger charge is -2.15. The van der Waals surface area contributed by atoms with Crippen molar-refractivity contribution < 1.29 is 9.13 Å². The van der Waals surface area contributed by atoms with E-state index in [0.717, 1.165) is 11.4 Å². The highest BCUT2D eigenvalue weighted by atomic mass is 19.1. The molecule has 0 aliphatic rings. The van der Waals surface area contributed by atoms with Crippen LogP contribution in [0.25, 0.3) is 0 Å². The lowest BCUT2D eigenvalue weighted by Crippen LogP contribution is -2.09. The number of pyridine rings is 1. The summed E-state index contributed by atoms with van der Waals surface area (Å²) in [4.78, 5) is 4.40. The lowest BCUT2D eigenvalue weighted by molar-refractivity contribution is 0.231. The SMILES string of the molecule is Cc1cccc(CNc2cc(OC(C)C)c(F)cc2N)n1. The molecule has 2 rings (SSSR count). The van der Waals surface area contributed by atoms with Gasteiger partial charge in [0, 0.05) is 17.8 Å². The van der Waals surface area contributed by atoms with Crippen LogP contribution < -0.4 is 15.8 Å². The summed E-state index contributed by atoms with van der Waals surface area (Å²) >= 11 is 0. The van der Waals surface area contributed by atoms with E-state index in [2.05, 4.69) is 10.3 Å². The van der Waals surface area contributed by atoms with E-state index in [-0.39, 0.29) is 11.9 Å².